The third-order valence-electron chi connectivity index (χ3n) is 6.01. The predicted octanol–water partition coefficient (Wildman–Crippen LogP) is 5.81. The van der Waals surface area contributed by atoms with Gasteiger partial charge in [0.15, 0.2) is 11.6 Å². The Kier molecular flexibility index (Phi) is 10.1. The predicted molar refractivity (Wildman–Crippen MR) is 129 cm³/mol. The van der Waals surface area contributed by atoms with Crippen LogP contribution in [0, 0.1) is 11.7 Å². The summed E-state index contributed by atoms with van der Waals surface area (Å²) < 4.78 is 27.1. The first kappa shape index (κ1) is 25.6. The number of carbonyl (C=O) groups is 1. The molecule has 7 heteroatoms. The second-order valence-corrected chi connectivity index (χ2v) is 9.15. The lowest BCUT2D eigenvalue weighted by Crippen LogP contribution is -2.35. The highest BCUT2D eigenvalue weighted by molar-refractivity contribution is 6.32. The lowest BCUT2D eigenvalue weighted by atomic mass is 9.88. The zero-order chi connectivity index (χ0) is 23.6. The van der Waals surface area contributed by atoms with Gasteiger partial charge in [-0.1, -0.05) is 35.9 Å². The Balaban J connectivity index is 1.82. The first-order chi connectivity index (χ1) is 16.0. The lowest BCUT2D eigenvalue weighted by Gasteiger charge is -2.30. The summed E-state index contributed by atoms with van der Waals surface area (Å²) in [5.74, 6) is 0.631. The lowest BCUT2D eigenvalue weighted by molar-refractivity contribution is -0.119. The van der Waals surface area contributed by atoms with Crippen molar-refractivity contribution in [2.45, 2.75) is 57.5 Å². The van der Waals surface area contributed by atoms with Gasteiger partial charge in [-0.2, -0.15) is 0 Å². The maximum atomic E-state index is 15.7. The van der Waals surface area contributed by atoms with Crippen molar-refractivity contribution in [2.75, 3.05) is 19.8 Å². The summed E-state index contributed by atoms with van der Waals surface area (Å²) >= 11 is 6.31. The Morgan fingerprint density at radius 2 is 1.97 bits per heavy atom. The molecule has 0 radical (unpaired) electrons. The van der Waals surface area contributed by atoms with Gasteiger partial charge in [0.1, 0.15) is 11.5 Å². The van der Waals surface area contributed by atoms with E-state index in [9.17, 15) is 4.79 Å². The van der Waals surface area contributed by atoms with E-state index < -0.39 is 5.82 Å². The molecule has 0 aromatic heterocycles. The topological polar surface area (TPSA) is 73.6 Å². The highest BCUT2D eigenvalue weighted by atomic mass is 35.5. The molecule has 5 nitrogen and oxygen atoms in total. The minimum atomic E-state index is -0.474. The fourth-order valence-corrected chi connectivity index (χ4v) is 4.45. The molecular formula is C26H34ClFN2O3. The van der Waals surface area contributed by atoms with Crippen LogP contribution in [0.4, 0.5) is 4.39 Å². The van der Waals surface area contributed by atoms with Crippen molar-refractivity contribution in [3.8, 4) is 11.5 Å². The molecule has 1 saturated heterocycles. The van der Waals surface area contributed by atoms with Crippen LogP contribution in [-0.4, -0.2) is 31.6 Å². The molecule has 0 bridgehead atoms. The summed E-state index contributed by atoms with van der Waals surface area (Å²) in [6.07, 6.45) is 4.15. The van der Waals surface area contributed by atoms with E-state index in [4.69, 9.17) is 26.8 Å². The average molecular weight is 477 g/mol. The highest BCUT2D eigenvalue weighted by Crippen LogP contribution is 2.38. The van der Waals surface area contributed by atoms with Crippen molar-refractivity contribution in [2.24, 2.45) is 11.7 Å². The smallest absolute Gasteiger partial charge is 0.181 e. The Morgan fingerprint density at radius 3 is 2.67 bits per heavy atom. The number of Topliss-reactive ketones (excluding diaryl/α,β-unsaturated/α-hetero) is 1. The summed E-state index contributed by atoms with van der Waals surface area (Å²) in [6, 6.07) is 12.0. The number of nitrogens with one attached hydrogen (secondary N) is 1. The maximum Gasteiger partial charge on any atom is 0.181 e. The van der Waals surface area contributed by atoms with Gasteiger partial charge in [-0.3, -0.25) is 4.79 Å². The molecule has 3 rings (SSSR count). The first-order valence-corrected chi connectivity index (χ1v) is 12.1. The number of ether oxygens (including phenoxy) is 2. The van der Waals surface area contributed by atoms with Gasteiger partial charge in [0, 0.05) is 43.7 Å². The molecule has 1 aliphatic rings. The summed E-state index contributed by atoms with van der Waals surface area (Å²) in [5, 5.41) is 3.73. The van der Waals surface area contributed by atoms with Crippen molar-refractivity contribution in [1.29, 1.82) is 0 Å². The number of benzene rings is 2. The van der Waals surface area contributed by atoms with Crippen LogP contribution in [0.15, 0.2) is 42.5 Å². The fourth-order valence-electron chi connectivity index (χ4n) is 4.26. The molecule has 0 aliphatic carbocycles. The Bertz CT molecular complexity index is 891. The molecule has 33 heavy (non-hydrogen) atoms. The fraction of sp³-hybridized carbons (Fsp3) is 0.500. The number of hydrogen-bond acceptors (Lipinski definition) is 5. The van der Waals surface area contributed by atoms with E-state index in [0.29, 0.717) is 43.0 Å². The minimum absolute atomic E-state index is 0.0193. The molecule has 0 saturated carbocycles. The summed E-state index contributed by atoms with van der Waals surface area (Å²) in [7, 11) is 0. The monoisotopic (exact) mass is 476 g/mol. The van der Waals surface area contributed by atoms with Gasteiger partial charge in [-0.05, 0) is 63.3 Å². The van der Waals surface area contributed by atoms with E-state index in [1.807, 2.05) is 25.1 Å². The molecule has 180 valence electrons. The summed E-state index contributed by atoms with van der Waals surface area (Å²) in [4.78, 5) is 12.3. The van der Waals surface area contributed by atoms with E-state index in [-0.39, 0.29) is 28.6 Å². The number of hydrogen-bond donors (Lipinski definition) is 2. The minimum Gasteiger partial charge on any atom is -0.453 e. The van der Waals surface area contributed by atoms with Crippen LogP contribution in [0.5, 0.6) is 11.5 Å². The van der Waals surface area contributed by atoms with Gasteiger partial charge in [0.2, 0.25) is 0 Å². The molecular weight excluding hydrogens is 443 g/mol. The molecule has 2 aromatic rings. The highest BCUT2D eigenvalue weighted by Gasteiger charge is 2.27. The van der Waals surface area contributed by atoms with E-state index in [2.05, 4.69) is 5.32 Å². The van der Waals surface area contributed by atoms with Crippen molar-refractivity contribution in [1.82, 2.24) is 5.32 Å². The number of halogens is 2. The Hall–Kier alpha value is -1.99. The van der Waals surface area contributed by atoms with E-state index >= 15 is 4.39 Å². The number of para-hydroxylation sites is 1. The standard InChI is InChI=1S/C26H34ClFN2O3/c1-18(16-20(31)6-5-13-29)30-24(17-19-11-14-32-15-12-19)22-9-10-23(27)26(25(22)28)33-21-7-3-2-4-8-21/h2-4,7-10,18-19,24,30H,5-6,11-17,29H2,1H3/t18-,24-/m0/s1. The summed E-state index contributed by atoms with van der Waals surface area (Å²) in [6.45, 7) is 3.90. The van der Waals surface area contributed by atoms with E-state index in [1.54, 1.807) is 24.3 Å². The third kappa shape index (κ3) is 7.78. The van der Waals surface area contributed by atoms with Gasteiger partial charge in [-0.25, -0.2) is 4.39 Å². The van der Waals surface area contributed by atoms with E-state index in [0.717, 1.165) is 32.5 Å². The van der Waals surface area contributed by atoms with E-state index in [1.165, 1.54) is 0 Å². The van der Waals surface area contributed by atoms with Crippen LogP contribution in [0.2, 0.25) is 5.02 Å². The van der Waals surface area contributed by atoms with Gasteiger partial charge in [0.05, 0.1) is 5.02 Å². The maximum absolute atomic E-state index is 15.7. The van der Waals surface area contributed by atoms with Gasteiger partial charge < -0.3 is 20.5 Å². The molecule has 1 fully saturated rings. The normalized spacial score (nSPS) is 16.4. The second-order valence-electron chi connectivity index (χ2n) is 8.74. The third-order valence-corrected chi connectivity index (χ3v) is 6.30. The van der Waals surface area contributed by atoms with Crippen molar-refractivity contribution in [3.05, 3.63) is 58.9 Å². The molecule has 1 aliphatic heterocycles. The van der Waals surface area contributed by atoms with Crippen LogP contribution in [0.25, 0.3) is 0 Å². The number of nitrogens with two attached hydrogens (primary N) is 1. The molecule has 3 N–H and O–H groups in total. The largest absolute Gasteiger partial charge is 0.453 e. The number of carbonyl (C=O) groups excluding carboxylic acids is 1. The molecule has 2 atom stereocenters. The average Bonchev–Trinajstić information content (AvgIpc) is 2.81. The quantitative estimate of drug-likeness (QED) is 0.404. The zero-order valence-corrected chi connectivity index (χ0v) is 20.0. The van der Waals surface area contributed by atoms with Crippen LogP contribution in [0.3, 0.4) is 0 Å². The van der Waals surface area contributed by atoms with Gasteiger partial charge in [0.25, 0.3) is 0 Å². The molecule has 0 spiro atoms. The number of ketones is 1. The van der Waals surface area contributed by atoms with Crippen LogP contribution in [-0.2, 0) is 9.53 Å². The zero-order valence-electron chi connectivity index (χ0n) is 19.2. The summed E-state index contributed by atoms with van der Waals surface area (Å²) in [5.41, 5.74) is 6.02. The molecule has 0 amide bonds. The Morgan fingerprint density at radius 1 is 1.24 bits per heavy atom. The first-order valence-electron chi connectivity index (χ1n) is 11.7. The van der Waals surface area contributed by atoms with Gasteiger partial charge >= 0.3 is 0 Å². The van der Waals surface area contributed by atoms with Crippen molar-refractivity contribution < 1.29 is 18.7 Å². The SMILES string of the molecule is C[C@@H](CC(=O)CCCN)N[C@@H](CC1CCOCC1)c1ccc(Cl)c(Oc2ccccc2)c1F. The van der Waals surface area contributed by atoms with Gasteiger partial charge in [-0.15, -0.1) is 0 Å². The van der Waals surface area contributed by atoms with Crippen LogP contribution < -0.4 is 15.8 Å². The van der Waals surface area contributed by atoms with Crippen molar-refractivity contribution in [3.63, 3.8) is 0 Å². The Labute approximate surface area is 200 Å². The molecule has 1 heterocycles. The van der Waals surface area contributed by atoms with Crippen molar-refractivity contribution >= 4 is 17.4 Å². The van der Waals surface area contributed by atoms with Crippen LogP contribution in [0.1, 0.15) is 57.1 Å². The van der Waals surface area contributed by atoms with Crippen LogP contribution >= 0.6 is 11.6 Å². The number of rotatable bonds is 12. The second kappa shape index (κ2) is 13.0. The molecule has 2 aromatic carbocycles. The molecule has 0 unspecified atom stereocenters.